The average Bonchev–Trinajstić information content (AvgIpc) is 2.01. The van der Waals surface area contributed by atoms with Crippen LogP contribution in [-0.2, 0) is 6.42 Å². The molecule has 76 valence electrons. The van der Waals surface area contributed by atoms with E-state index in [0.717, 1.165) is 24.8 Å². The van der Waals surface area contributed by atoms with Crippen LogP contribution in [0, 0.1) is 5.41 Å². The van der Waals surface area contributed by atoms with Crippen LogP contribution in [0.4, 0.5) is 0 Å². The molecule has 0 aliphatic heterocycles. The van der Waals surface area contributed by atoms with E-state index in [9.17, 15) is 5.11 Å². The highest BCUT2D eigenvalue weighted by atomic mass is 16.3. The molecule has 1 heterocycles. The first-order chi connectivity index (χ1) is 6.49. The van der Waals surface area contributed by atoms with Crippen molar-refractivity contribution in [1.29, 1.82) is 0 Å². The maximum Gasteiger partial charge on any atom is 0.0698 e. The van der Waals surface area contributed by atoms with Gasteiger partial charge in [-0.25, -0.2) is 0 Å². The molecular weight excluding hydrogens is 174 g/mol. The molecule has 0 bridgehead atoms. The van der Waals surface area contributed by atoms with Gasteiger partial charge >= 0.3 is 0 Å². The van der Waals surface area contributed by atoms with Crippen molar-refractivity contribution in [3.05, 3.63) is 30.1 Å². The SMILES string of the molecule is CC1(C)CC(O)(Cc2cccnc2)C1. The second-order valence-corrected chi connectivity index (χ2v) is 5.28. The third-order valence-corrected chi connectivity index (χ3v) is 2.87. The minimum absolute atomic E-state index is 0.316. The Morgan fingerprint density at radius 3 is 2.64 bits per heavy atom. The fourth-order valence-corrected chi connectivity index (χ4v) is 2.74. The smallest absolute Gasteiger partial charge is 0.0698 e. The van der Waals surface area contributed by atoms with Gasteiger partial charge in [-0.2, -0.15) is 0 Å². The van der Waals surface area contributed by atoms with Gasteiger partial charge in [0, 0.05) is 18.8 Å². The second kappa shape index (κ2) is 3.06. The van der Waals surface area contributed by atoms with Gasteiger partial charge in [0.1, 0.15) is 0 Å². The number of aromatic nitrogens is 1. The Hall–Kier alpha value is -0.890. The molecule has 1 fully saturated rings. The lowest BCUT2D eigenvalue weighted by Gasteiger charge is -2.50. The van der Waals surface area contributed by atoms with E-state index in [2.05, 4.69) is 18.8 Å². The maximum atomic E-state index is 10.2. The molecule has 1 aliphatic carbocycles. The highest BCUT2D eigenvalue weighted by molar-refractivity contribution is 5.15. The Balaban J connectivity index is 2.00. The van der Waals surface area contributed by atoms with Crippen molar-refractivity contribution in [2.24, 2.45) is 5.41 Å². The molecule has 0 aromatic carbocycles. The van der Waals surface area contributed by atoms with Crippen molar-refractivity contribution in [3.63, 3.8) is 0 Å². The first-order valence-corrected chi connectivity index (χ1v) is 5.11. The van der Waals surface area contributed by atoms with Gasteiger partial charge in [0.15, 0.2) is 0 Å². The number of nitrogens with zero attached hydrogens (tertiary/aromatic N) is 1. The van der Waals surface area contributed by atoms with E-state index in [1.807, 2.05) is 18.3 Å². The van der Waals surface area contributed by atoms with E-state index in [4.69, 9.17) is 0 Å². The summed E-state index contributed by atoms with van der Waals surface area (Å²) in [6.45, 7) is 4.40. The first kappa shape index (κ1) is 9.66. The summed E-state index contributed by atoms with van der Waals surface area (Å²) in [6.07, 6.45) is 6.13. The quantitative estimate of drug-likeness (QED) is 0.777. The van der Waals surface area contributed by atoms with Gasteiger partial charge in [0.2, 0.25) is 0 Å². The van der Waals surface area contributed by atoms with Crippen LogP contribution >= 0.6 is 0 Å². The van der Waals surface area contributed by atoms with E-state index < -0.39 is 5.60 Å². The lowest BCUT2D eigenvalue weighted by atomic mass is 9.60. The first-order valence-electron chi connectivity index (χ1n) is 5.11. The Labute approximate surface area is 85.0 Å². The van der Waals surface area contributed by atoms with E-state index in [-0.39, 0.29) is 0 Å². The Morgan fingerprint density at radius 1 is 1.43 bits per heavy atom. The van der Waals surface area contributed by atoms with Crippen LogP contribution in [0.3, 0.4) is 0 Å². The van der Waals surface area contributed by atoms with Crippen molar-refractivity contribution in [2.45, 2.75) is 38.7 Å². The molecule has 0 unspecified atom stereocenters. The molecule has 1 N–H and O–H groups in total. The van der Waals surface area contributed by atoms with Crippen molar-refractivity contribution in [3.8, 4) is 0 Å². The molecule has 2 nitrogen and oxygen atoms in total. The molecule has 14 heavy (non-hydrogen) atoms. The van der Waals surface area contributed by atoms with Crippen molar-refractivity contribution in [1.82, 2.24) is 4.98 Å². The fourth-order valence-electron chi connectivity index (χ4n) is 2.74. The zero-order valence-electron chi connectivity index (χ0n) is 8.83. The molecule has 1 aromatic rings. The molecule has 0 spiro atoms. The number of rotatable bonds is 2. The summed E-state index contributed by atoms with van der Waals surface area (Å²) in [5.74, 6) is 0. The van der Waals surface area contributed by atoms with Gasteiger partial charge in [-0.05, 0) is 29.9 Å². The van der Waals surface area contributed by atoms with E-state index in [1.54, 1.807) is 6.20 Å². The van der Waals surface area contributed by atoms with E-state index in [1.165, 1.54) is 0 Å². The number of pyridine rings is 1. The summed E-state index contributed by atoms with van der Waals surface area (Å²) in [5, 5.41) is 10.2. The monoisotopic (exact) mass is 191 g/mol. The van der Waals surface area contributed by atoms with Crippen LogP contribution in [0.5, 0.6) is 0 Å². The van der Waals surface area contributed by atoms with Gasteiger partial charge < -0.3 is 5.11 Å². The fraction of sp³-hybridized carbons (Fsp3) is 0.583. The van der Waals surface area contributed by atoms with Gasteiger partial charge in [0.05, 0.1) is 5.60 Å². The maximum absolute atomic E-state index is 10.2. The van der Waals surface area contributed by atoms with Crippen LogP contribution in [0.25, 0.3) is 0 Å². The zero-order chi connectivity index (χ0) is 10.2. The third kappa shape index (κ3) is 1.95. The molecule has 0 amide bonds. The summed E-state index contributed by atoms with van der Waals surface area (Å²) in [4.78, 5) is 4.05. The standard InChI is InChI=1S/C12H17NO/c1-11(2)8-12(14,9-11)6-10-4-3-5-13-7-10/h3-5,7,14H,6,8-9H2,1-2H3. The Morgan fingerprint density at radius 2 is 2.14 bits per heavy atom. The summed E-state index contributed by atoms with van der Waals surface area (Å²) >= 11 is 0. The van der Waals surface area contributed by atoms with Crippen LogP contribution in [0.1, 0.15) is 32.3 Å². The third-order valence-electron chi connectivity index (χ3n) is 2.87. The van der Waals surface area contributed by atoms with Crippen LogP contribution < -0.4 is 0 Å². The second-order valence-electron chi connectivity index (χ2n) is 5.28. The Bertz CT molecular complexity index is 310. The molecule has 2 rings (SSSR count). The molecule has 0 saturated heterocycles. The lowest BCUT2D eigenvalue weighted by Crippen LogP contribution is -2.50. The van der Waals surface area contributed by atoms with Crippen molar-refractivity contribution in [2.75, 3.05) is 0 Å². The molecule has 1 aromatic heterocycles. The largest absolute Gasteiger partial charge is 0.390 e. The minimum atomic E-state index is -0.480. The van der Waals surface area contributed by atoms with Gasteiger partial charge in [-0.15, -0.1) is 0 Å². The predicted octanol–water partition coefficient (Wildman–Crippen LogP) is 2.18. The minimum Gasteiger partial charge on any atom is -0.390 e. The van der Waals surface area contributed by atoms with Gasteiger partial charge in [-0.1, -0.05) is 19.9 Å². The zero-order valence-corrected chi connectivity index (χ0v) is 8.83. The van der Waals surface area contributed by atoms with E-state index in [0.29, 0.717) is 5.41 Å². The van der Waals surface area contributed by atoms with E-state index >= 15 is 0 Å². The topological polar surface area (TPSA) is 33.1 Å². The van der Waals surface area contributed by atoms with Crippen LogP contribution in [0.2, 0.25) is 0 Å². The molecule has 0 atom stereocenters. The average molecular weight is 191 g/mol. The summed E-state index contributed by atoms with van der Waals surface area (Å²) in [6, 6.07) is 3.94. The molecule has 2 heteroatoms. The normalized spacial score (nSPS) is 22.8. The molecular formula is C12H17NO. The summed E-state index contributed by atoms with van der Waals surface area (Å²) in [7, 11) is 0. The predicted molar refractivity (Wildman–Crippen MR) is 55.9 cm³/mol. The van der Waals surface area contributed by atoms with Gasteiger partial charge in [-0.3, -0.25) is 4.98 Å². The molecule has 0 radical (unpaired) electrons. The summed E-state index contributed by atoms with van der Waals surface area (Å²) < 4.78 is 0. The molecule has 1 saturated carbocycles. The van der Waals surface area contributed by atoms with Crippen molar-refractivity contribution < 1.29 is 5.11 Å². The molecule has 1 aliphatic rings. The summed E-state index contributed by atoms with van der Waals surface area (Å²) in [5.41, 5.74) is 0.967. The number of hydrogen-bond donors (Lipinski definition) is 1. The van der Waals surface area contributed by atoms with Gasteiger partial charge in [0.25, 0.3) is 0 Å². The Kier molecular flexibility index (Phi) is 2.11. The lowest BCUT2D eigenvalue weighted by molar-refractivity contribution is -0.111. The highest BCUT2D eigenvalue weighted by Gasteiger charge is 2.47. The number of aliphatic hydroxyl groups is 1. The number of hydrogen-bond acceptors (Lipinski definition) is 2. The van der Waals surface area contributed by atoms with Crippen molar-refractivity contribution >= 4 is 0 Å². The van der Waals surface area contributed by atoms with Crippen LogP contribution in [0.15, 0.2) is 24.5 Å². The van der Waals surface area contributed by atoms with Crippen LogP contribution in [-0.4, -0.2) is 15.7 Å². The highest BCUT2D eigenvalue weighted by Crippen LogP contribution is 2.49.